The van der Waals surface area contributed by atoms with E-state index in [9.17, 15) is 19.7 Å². The highest BCUT2D eigenvalue weighted by molar-refractivity contribution is 7.17. The van der Waals surface area contributed by atoms with Crippen LogP contribution in [0.3, 0.4) is 0 Å². The zero-order chi connectivity index (χ0) is 19.6. The summed E-state index contributed by atoms with van der Waals surface area (Å²) in [5.41, 5.74) is 0.632. The summed E-state index contributed by atoms with van der Waals surface area (Å²) in [6.07, 6.45) is 4.80. The molecule has 0 spiro atoms. The molecular weight excluding hydrogens is 372 g/mol. The third-order valence-corrected chi connectivity index (χ3v) is 5.56. The Balaban J connectivity index is 1.97. The predicted molar refractivity (Wildman–Crippen MR) is 99.4 cm³/mol. The van der Waals surface area contributed by atoms with Crippen molar-refractivity contribution in [3.63, 3.8) is 0 Å². The van der Waals surface area contributed by atoms with Crippen LogP contribution in [0.25, 0.3) is 0 Å². The maximum Gasteiger partial charge on any atom is 0.341 e. The van der Waals surface area contributed by atoms with E-state index in [1.165, 1.54) is 22.2 Å². The number of hydrogen-bond acceptors (Lipinski definition) is 7. The zero-order valence-electron chi connectivity index (χ0n) is 15.1. The zero-order valence-corrected chi connectivity index (χ0v) is 15.9. The molecule has 0 aromatic carbocycles. The number of amides is 1. The second kappa shape index (κ2) is 7.87. The van der Waals surface area contributed by atoms with Crippen molar-refractivity contribution in [2.45, 2.75) is 46.1 Å². The number of thiophene rings is 1. The van der Waals surface area contributed by atoms with Crippen molar-refractivity contribution in [2.24, 2.45) is 0 Å². The molecule has 2 aromatic heterocycles. The van der Waals surface area contributed by atoms with E-state index >= 15 is 0 Å². The summed E-state index contributed by atoms with van der Waals surface area (Å²) >= 11 is 1.33. The number of anilines is 1. The molecule has 9 nitrogen and oxygen atoms in total. The van der Waals surface area contributed by atoms with Crippen molar-refractivity contribution in [3.8, 4) is 0 Å². The molecule has 0 unspecified atom stereocenters. The van der Waals surface area contributed by atoms with E-state index in [4.69, 9.17) is 4.74 Å². The van der Waals surface area contributed by atoms with Crippen molar-refractivity contribution in [1.29, 1.82) is 0 Å². The lowest BCUT2D eigenvalue weighted by Crippen LogP contribution is -2.17. The van der Waals surface area contributed by atoms with Gasteiger partial charge in [-0.15, -0.1) is 11.3 Å². The fourth-order valence-electron chi connectivity index (χ4n) is 3.10. The monoisotopic (exact) mass is 392 g/mol. The van der Waals surface area contributed by atoms with Crippen LogP contribution in [0, 0.1) is 10.1 Å². The smallest absolute Gasteiger partial charge is 0.341 e. The second-order valence-corrected chi connectivity index (χ2v) is 7.17. The molecule has 0 radical (unpaired) electrons. The number of nitrogens with one attached hydrogen (secondary N) is 1. The summed E-state index contributed by atoms with van der Waals surface area (Å²) in [6, 6.07) is 0. The van der Waals surface area contributed by atoms with Gasteiger partial charge in [-0.1, -0.05) is 0 Å². The number of carbonyl (C=O) groups is 2. The van der Waals surface area contributed by atoms with E-state index in [1.54, 1.807) is 13.8 Å². The van der Waals surface area contributed by atoms with Crippen molar-refractivity contribution in [3.05, 3.63) is 38.0 Å². The lowest BCUT2D eigenvalue weighted by molar-refractivity contribution is -0.385. The van der Waals surface area contributed by atoms with Crippen LogP contribution in [0.2, 0.25) is 0 Å². The lowest BCUT2D eigenvalue weighted by atomic mass is 9.95. The SMILES string of the molecule is CCOC(=O)c1c(NC(=O)c2nn(CC)cc2[N+](=O)[O-])sc2c1CCCC2. The van der Waals surface area contributed by atoms with E-state index in [-0.39, 0.29) is 18.0 Å². The molecule has 1 N–H and O–H groups in total. The number of aromatic nitrogens is 2. The van der Waals surface area contributed by atoms with Crippen molar-refractivity contribution in [2.75, 3.05) is 11.9 Å². The number of ether oxygens (including phenoxy) is 1. The molecule has 1 aliphatic carbocycles. The van der Waals surface area contributed by atoms with Crippen LogP contribution in [0.4, 0.5) is 10.7 Å². The molecule has 144 valence electrons. The summed E-state index contributed by atoms with van der Waals surface area (Å²) in [5.74, 6) is -1.20. The van der Waals surface area contributed by atoms with Crippen LogP contribution in [0.15, 0.2) is 6.20 Å². The van der Waals surface area contributed by atoms with Crippen LogP contribution in [-0.4, -0.2) is 33.2 Å². The normalized spacial score (nSPS) is 13.1. The Morgan fingerprint density at radius 1 is 1.37 bits per heavy atom. The van der Waals surface area contributed by atoms with Crippen molar-refractivity contribution in [1.82, 2.24) is 9.78 Å². The van der Waals surface area contributed by atoms with Gasteiger partial charge in [0.1, 0.15) is 11.2 Å². The minimum absolute atomic E-state index is 0.225. The van der Waals surface area contributed by atoms with E-state index < -0.39 is 16.8 Å². The van der Waals surface area contributed by atoms with Crippen LogP contribution in [-0.2, 0) is 24.1 Å². The first-order valence-electron chi connectivity index (χ1n) is 8.81. The predicted octanol–water partition coefficient (Wildman–Crippen LogP) is 3.18. The molecule has 0 aliphatic heterocycles. The van der Waals surface area contributed by atoms with Crippen molar-refractivity contribution < 1.29 is 19.2 Å². The van der Waals surface area contributed by atoms with Gasteiger partial charge in [-0.2, -0.15) is 5.10 Å². The average molecular weight is 392 g/mol. The Hall–Kier alpha value is -2.75. The molecule has 10 heteroatoms. The molecule has 0 bridgehead atoms. The maximum absolute atomic E-state index is 12.7. The third kappa shape index (κ3) is 3.70. The standard InChI is InChI=1S/C17H20N4O5S/c1-3-20-9-11(21(24)25)14(19-20)15(22)18-16-13(17(23)26-4-2)10-7-5-6-8-12(10)27-16/h9H,3-8H2,1-2H3,(H,18,22). The first kappa shape index (κ1) is 19.0. The first-order valence-corrected chi connectivity index (χ1v) is 9.62. The Morgan fingerprint density at radius 3 is 2.78 bits per heavy atom. The fourth-order valence-corrected chi connectivity index (χ4v) is 4.38. The highest BCUT2D eigenvalue weighted by atomic mass is 32.1. The van der Waals surface area contributed by atoms with Gasteiger partial charge in [0.15, 0.2) is 0 Å². The summed E-state index contributed by atoms with van der Waals surface area (Å²) in [4.78, 5) is 36.8. The molecule has 1 amide bonds. The summed E-state index contributed by atoms with van der Waals surface area (Å²) in [6.45, 7) is 4.11. The Kier molecular flexibility index (Phi) is 5.54. The van der Waals surface area contributed by atoms with Gasteiger partial charge in [-0.05, 0) is 45.1 Å². The third-order valence-electron chi connectivity index (χ3n) is 4.36. The highest BCUT2D eigenvalue weighted by Gasteiger charge is 2.30. The number of esters is 1. The van der Waals surface area contributed by atoms with Gasteiger partial charge >= 0.3 is 11.7 Å². The topological polar surface area (TPSA) is 116 Å². The molecule has 3 rings (SSSR count). The van der Waals surface area contributed by atoms with E-state index in [0.717, 1.165) is 36.1 Å². The molecule has 0 saturated carbocycles. The van der Waals surface area contributed by atoms with E-state index in [0.29, 0.717) is 17.1 Å². The van der Waals surface area contributed by atoms with Crippen molar-refractivity contribution >= 4 is 33.9 Å². The molecular formula is C17H20N4O5S. The van der Waals surface area contributed by atoms with E-state index in [1.807, 2.05) is 0 Å². The summed E-state index contributed by atoms with van der Waals surface area (Å²) < 4.78 is 6.48. The fraction of sp³-hybridized carbons (Fsp3) is 0.471. The van der Waals surface area contributed by atoms with Gasteiger partial charge in [0.2, 0.25) is 5.69 Å². The minimum atomic E-state index is -0.710. The summed E-state index contributed by atoms with van der Waals surface area (Å²) in [7, 11) is 0. The molecule has 27 heavy (non-hydrogen) atoms. The lowest BCUT2D eigenvalue weighted by Gasteiger charge is -2.12. The highest BCUT2D eigenvalue weighted by Crippen LogP contribution is 2.39. The Morgan fingerprint density at radius 2 is 2.11 bits per heavy atom. The molecule has 0 saturated heterocycles. The van der Waals surface area contributed by atoms with Crippen LogP contribution in [0.1, 0.15) is 58.0 Å². The largest absolute Gasteiger partial charge is 0.462 e. The number of nitro groups is 1. The second-order valence-electron chi connectivity index (χ2n) is 6.07. The summed E-state index contributed by atoms with van der Waals surface area (Å²) in [5, 5.41) is 18.2. The molecule has 2 aromatic rings. The Labute approximate surface area is 159 Å². The molecule has 1 aliphatic rings. The van der Waals surface area contributed by atoms with Crippen LogP contribution < -0.4 is 5.32 Å². The van der Waals surface area contributed by atoms with Crippen LogP contribution >= 0.6 is 11.3 Å². The first-order chi connectivity index (χ1) is 13.0. The average Bonchev–Trinajstić information content (AvgIpc) is 3.23. The molecule has 0 fully saturated rings. The van der Waals surface area contributed by atoms with Crippen LogP contribution in [0.5, 0.6) is 0 Å². The number of nitrogens with zero attached hydrogens (tertiary/aromatic N) is 3. The minimum Gasteiger partial charge on any atom is -0.462 e. The van der Waals surface area contributed by atoms with Gasteiger partial charge in [-0.25, -0.2) is 4.79 Å². The van der Waals surface area contributed by atoms with E-state index in [2.05, 4.69) is 10.4 Å². The Bertz CT molecular complexity index is 902. The van der Waals surface area contributed by atoms with Gasteiger partial charge in [0.25, 0.3) is 5.91 Å². The molecule has 2 heterocycles. The van der Waals surface area contributed by atoms with Gasteiger partial charge < -0.3 is 10.1 Å². The maximum atomic E-state index is 12.7. The number of hydrogen-bond donors (Lipinski definition) is 1. The van der Waals surface area contributed by atoms with Gasteiger partial charge in [-0.3, -0.25) is 19.6 Å². The number of carbonyl (C=O) groups excluding carboxylic acids is 2. The number of rotatable bonds is 6. The number of aryl methyl sites for hydroxylation is 2. The molecule has 0 atom stereocenters. The quantitative estimate of drug-likeness (QED) is 0.458. The number of fused-ring (bicyclic) bond motifs is 1. The van der Waals surface area contributed by atoms with Gasteiger partial charge in [0.05, 0.1) is 17.1 Å². The van der Waals surface area contributed by atoms with Gasteiger partial charge in [0, 0.05) is 11.4 Å².